The highest BCUT2D eigenvalue weighted by Gasteiger charge is 2.18. The van der Waals surface area contributed by atoms with Gasteiger partial charge >= 0.3 is 0 Å². The Morgan fingerprint density at radius 1 is 1.11 bits per heavy atom. The molecule has 0 N–H and O–H groups in total. The molecular weight excluding hydrogens is 259 g/mol. The van der Waals surface area contributed by atoms with E-state index in [-0.39, 0.29) is 10.8 Å². The topological polar surface area (TPSA) is 0 Å². The summed E-state index contributed by atoms with van der Waals surface area (Å²) in [4.78, 5) is 0. The third kappa shape index (κ3) is 3.95. The van der Waals surface area contributed by atoms with Crippen LogP contribution < -0.4 is 0 Å². The van der Waals surface area contributed by atoms with Crippen molar-refractivity contribution < 1.29 is 4.39 Å². The zero-order valence-electron chi connectivity index (χ0n) is 12.8. The Morgan fingerprint density at radius 2 is 1.74 bits per heavy atom. The van der Waals surface area contributed by atoms with E-state index in [2.05, 4.69) is 20.8 Å². The maximum Gasteiger partial charge on any atom is 0.144 e. The minimum atomic E-state index is -0.264. The molecule has 0 spiro atoms. The second-order valence-corrected chi connectivity index (χ2v) is 6.11. The van der Waals surface area contributed by atoms with Gasteiger partial charge in [-0.05, 0) is 61.3 Å². The number of benzene rings is 1. The Balaban J connectivity index is 2.99. The summed E-state index contributed by atoms with van der Waals surface area (Å²) in [5.41, 5.74) is 3.00. The monoisotopic (exact) mass is 284 g/mol. The highest BCUT2D eigenvalue weighted by atomic mass is 35.5. The van der Waals surface area contributed by atoms with Gasteiger partial charge in [-0.25, -0.2) is 4.39 Å². The van der Waals surface area contributed by atoms with Crippen LogP contribution in [0.5, 0.6) is 0 Å². The van der Waals surface area contributed by atoms with Crippen LogP contribution in [0.4, 0.5) is 4.39 Å². The molecule has 0 fully saturated rings. The molecular formula is C17H26ClF. The number of rotatable bonds is 6. The van der Waals surface area contributed by atoms with Crippen molar-refractivity contribution in [2.75, 3.05) is 0 Å². The summed E-state index contributed by atoms with van der Waals surface area (Å²) in [6.45, 7) is 10.6. The molecule has 0 heterocycles. The summed E-state index contributed by atoms with van der Waals surface area (Å²) in [6.07, 6.45) is 4.69. The molecule has 1 aromatic carbocycles. The van der Waals surface area contributed by atoms with Crippen LogP contribution in [0.25, 0.3) is 0 Å². The van der Waals surface area contributed by atoms with Gasteiger partial charge < -0.3 is 0 Å². The average Bonchev–Trinajstić information content (AvgIpc) is 2.41. The average molecular weight is 285 g/mol. The first-order valence-corrected chi connectivity index (χ1v) is 7.75. The van der Waals surface area contributed by atoms with Crippen LogP contribution in [-0.4, -0.2) is 0 Å². The van der Waals surface area contributed by atoms with Crippen molar-refractivity contribution in [2.24, 2.45) is 5.92 Å². The Morgan fingerprint density at radius 3 is 2.26 bits per heavy atom. The van der Waals surface area contributed by atoms with E-state index in [9.17, 15) is 4.39 Å². The van der Waals surface area contributed by atoms with Gasteiger partial charge in [0, 0.05) is 0 Å². The molecule has 1 aromatic rings. The Kier molecular flexibility index (Phi) is 6.32. The smallest absolute Gasteiger partial charge is 0.144 e. The van der Waals surface area contributed by atoms with Gasteiger partial charge in [-0.1, -0.05) is 45.2 Å². The molecule has 0 saturated heterocycles. The van der Waals surface area contributed by atoms with Crippen LogP contribution in [0, 0.1) is 25.6 Å². The quantitative estimate of drug-likeness (QED) is 0.566. The summed E-state index contributed by atoms with van der Waals surface area (Å²) < 4.78 is 13.8. The fourth-order valence-corrected chi connectivity index (χ4v) is 2.82. The maximum atomic E-state index is 13.8. The zero-order chi connectivity index (χ0) is 14.6. The second-order valence-electron chi connectivity index (χ2n) is 5.71. The molecule has 1 rings (SSSR count). The minimum absolute atomic E-state index is 0.264. The van der Waals surface area contributed by atoms with E-state index in [1.165, 1.54) is 18.4 Å². The molecule has 0 aliphatic rings. The summed E-state index contributed by atoms with van der Waals surface area (Å²) >= 11 is 6.01. The van der Waals surface area contributed by atoms with E-state index < -0.39 is 0 Å². The third-order valence-corrected chi connectivity index (χ3v) is 4.73. The van der Waals surface area contributed by atoms with E-state index >= 15 is 0 Å². The van der Waals surface area contributed by atoms with E-state index in [1.807, 2.05) is 19.9 Å². The standard InChI is InChI=1S/C17H26ClF/c1-6-11(3)8-9-14(7-2)15-10-16(18)17(19)13(5)12(15)4/h10-11,14H,6-9H2,1-5H3. The van der Waals surface area contributed by atoms with Crippen LogP contribution in [0.15, 0.2) is 6.07 Å². The summed E-state index contributed by atoms with van der Waals surface area (Å²) in [5.74, 6) is 0.983. The highest BCUT2D eigenvalue weighted by Crippen LogP contribution is 2.34. The third-order valence-electron chi connectivity index (χ3n) is 4.45. The van der Waals surface area contributed by atoms with Crippen LogP contribution >= 0.6 is 11.6 Å². The van der Waals surface area contributed by atoms with Crippen LogP contribution in [0.3, 0.4) is 0 Å². The molecule has 0 saturated carbocycles. The van der Waals surface area contributed by atoms with Gasteiger partial charge in [0.1, 0.15) is 5.82 Å². The number of hydrogen-bond acceptors (Lipinski definition) is 0. The largest absolute Gasteiger partial charge is 0.205 e. The van der Waals surface area contributed by atoms with Gasteiger partial charge in [0.25, 0.3) is 0 Å². The SMILES string of the molecule is CCC(C)CCC(CC)c1cc(Cl)c(F)c(C)c1C. The van der Waals surface area contributed by atoms with Crippen molar-refractivity contribution in [1.82, 2.24) is 0 Å². The lowest BCUT2D eigenvalue weighted by atomic mass is 9.85. The molecule has 0 bridgehead atoms. The van der Waals surface area contributed by atoms with Crippen molar-refractivity contribution in [3.63, 3.8) is 0 Å². The van der Waals surface area contributed by atoms with Gasteiger partial charge in [0.2, 0.25) is 0 Å². The molecule has 2 atom stereocenters. The molecule has 0 amide bonds. The molecule has 0 aliphatic heterocycles. The summed E-state index contributed by atoms with van der Waals surface area (Å²) in [6, 6.07) is 1.84. The lowest BCUT2D eigenvalue weighted by Crippen LogP contribution is -2.05. The van der Waals surface area contributed by atoms with Gasteiger partial charge in [-0.15, -0.1) is 0 Å². The van der Waals surface area contributed by atoms with Crippen LogP contribution in [0.1, 0.15) is 69.1 Å². The molecule has 0 aromatic heterocycles. The molecule has 0 nitrogen and oxygen atoms in total. The fourth-order valence-electron chi connectivity index (χ4n) is 2.56. The van der Waals surface area contributed by atoms with Gasteiger partial charge in [-0.3, -0.25) is 0 Å². The molecule has 2 heteroatoms. The minimum Gasteiger partial charge on any atom is -0.205 e. The lowest BCUT2D eigenvalue weighted by molar-refractivity contribution is 0.452. The predicted molar refractivity (Wildman–Crippen MR) is 82.6 cm³/mol. The van der Waals surface area contributed by atoms with Gasteiger partial charge in [0.05, 0.1) is 5.02 Å². The highest BCUT2D eigenvalue weighted by molar-refractivity contribution is 6.30. The predicted octanol–water partition coefficient (Wildman–Crippen LogP) is 6.42. The summed E-state index contributed by atoms with van der Waals surface area (Å²) in [7, 11) is 0. The van der Waals surface area contributed by atoms with Crippen molar-refractivity contribution in [2.45, 2.75) is 66.2 Å². The normalized spacial score (nSPS) is 14.5. The van der Waals surface area contributed by atoms with E-state index in [0.29, 0.717) is 11.5 Å². The fraction of sp³-hybridized carbons (Fsp3) is 0.647. The van der Waals surface area contributed by atoms with Crippen molar-refractivity contribution in [3.8, 4) is 0 Å². The molecule has 2 unspecified atom stereocenters. The summed E-state index contributed by atoms with van der Waals surface area (Å²) in [5, 5.41) is 0.264. The van der Waals surface area contributed by atoms with Crippen molar-refractivity contribution in [3.05, 3.63) is 33.6 Å². The molecule has 0 aliphatic carbocycles. The lowest BCUT2D eigenvalue weighted by Gasteiger charge is -2.21. The number of hydrogen-bond donors (Lipinski definition) is 0. The Bertz CT molecular complexity index is 426. The van der Waals surface area contributed by atoms with Gasteiger partial charge in [-0.2, -0.15) is 0 Å². The Labute approximate surface area is 122 Å². The maximum absolute atomic E-state index is 13.8. The van der Waals surface area contributed by atoms with Crippen molar-refractivity contribution in [1.29, 1.82) is 0 Å². The van der Waals surface area contributed by atoms with Crippen molar-refractivity contribution >= 4 is 11.6 Å². The Hall–Kier alpha value is -0.560. The first-order chi connectivity index (χ1) is 8.92. The molecule has 108 valence electrons. The zero-order valence-corrected chi connectivity index (χ0v) is 13.6. The van der Waals surface area contributed by atoms with E-state index in [0.717, 1.165) is 24.3 Å². The molecule has 0 radical (unpaired) electrons. The molecule has 19 heavy (non-hydrogen) atoms. The first-order valence-electron chi connectivity index (χ1n) is 7.37. The van der Waals surface area contributed by atoms with E-state index in [1.54, 1.807) is 0 Å². The first kappa shape index (κ1) is 16.5. The van der Waals surface area contributed by atoms with Gasteiger partial charge in [0.15, 0.2) is 0 Å². The van der Waals surface area contributed by atoms with Crippen LogP contribution in [0.2, 0.25) is 5.02 Å². The number of halogens is 2. The second kappa shape index (κ2) is 7.28. The van der Waals surface area contributed by atoms with E-state index in [4.69, 9.17) is 11.6 Å². The van der Waals surface area contributed by atoms with Crippen LogP contribution in [-0.2, 0) is 0 Å².